The quantitative estimate of drug-likeness (QED) is 0.746. The Hall–Kier alpha value is -2.89. The van der Waals surface area contributed by atoms with Crippen molar-refractivity contribution in [2.75, 3.05) is 5.32 Å². The van der Waals surface area contributed by atoms with Crippen LogP contribution in [0.15, 0.2) is 66.9 Å². The number of nitrogens with zero attached hydrogens (tertiary/aromatic N) is 2. The van der Waals surface area contributed by atoms with E-state index >= 15 is 0 Å². The van der Waals surface area contributed by atoms with Gasteiger partial charge in [-0.1, -0.05) is 30.3 Å². The number of alkyl halides is 3. The maximum atomic E-state index is 12.5. The van der Waals surface area contributed by atoms with Crippen LogP contribution in [0.3, 0.4) is 0 Å². The molecule has 0 atom stereocenters. The minimum absolute atomic E-state index is 0.325. The highest BCUT2D eigenvalue weighted by atomic mass is 19.4. The number of aromatic nitrogens is 2. The highest BCUT2D eigenvalue weighted by Gasteiger charge is 2.29. The van der Waals surface area contributed by atoms with Crippen LogP contribution >= 0.6 is 0 Å². The molecule has 0 bridgehead atoms. The fraction of sp³-hybridized carbons (Fsp3) is 0.0588. The van der Waals surface area contributed by atoms with E-state index in [4.69, 9.17) is 0 Å². The first kappa shape index (κ1) is 15.0. The number of rotatable bonds is 3. The van der Waals surface area contributed by atoms with Crippen molar-refractivity contribution in [3.63, 3.8) is 0 Å². The Morgan fingerprint density at radius 3 is 2.17 bits per heavy atom. The molecular formula is C17H12F3N3. The van der Waals surface area contributed by atoms with Gasteiger partial charge in [-0.25, -0.2) is 9.97 Å². The molecule has 0 aliphatic heterocycles. The van der Waals surface area contributed by atoms with Crippen LogP contribution in [0.25, 0.3) is 11.3 Å². The Bertz CT molecular complexity index is 784. The molecule has 3 nitrogen and oxygen atoms in total. The summed E-state index contributed by atoms with van der Waals surface area (Å²) in [5.74, 6) is 0.325. The zero-order valence-electron chi connectivity index (χ0n) is 11.9. The van der Waals surface area contributed by atoms with Crippen molar-refractivity contribution in [1.82, 2.24) is 9.97 Å². The van der Waals surface area contributed by atoms with Gasteiger partial charge in [0.1, 0.15) is 0 Å². The predicted octanol–water partition coefficient (Wildman–Crippen LogP) is 4.91. The summed E-state index contributed by atoms with van der Waals surface area (Å²) < 4.78 is 37.6. The van der Waals surface area contributed by atoms with E-state index in [2.05, 4.69) is 15.3 Å². The first-order valence-electron chi connectivity index (χ1n) is 6.85. The number of halogens is 3. The lowest BCUT2D eigenvalue weighted by Gasteiger charge is -2.09. The van der Waals surface area contributed by atoms with E-state index in [1.807, 2.05) is 30.3 Å². The van der Waals surface area contributed by atoms with Crippen LogP contribution in [0.5, 0.6) is 0 Å². The minimum Gasteiger partial charge on any atom is -0.324 e. The van der Waals surface area contributed by atoms with Crippen molar-refractivity contribution in [3.8, 4) is 11.3 Å². The highest BCUT2D eigenvalue weighted by Crippen LogP contribution is 2.30. The summed E-state index contributed by atoms with van der Waals surface area (Å²) >= 11 is 0. The first-order valence-corrected chi connectivity index (χ1v) is 6.85. The Balaban J connectivity index is 1.81. The van der Waals surface area contributed by atoms with Crippen LogP contribution in [-0.4, -0.2) is 9.97 Å². The molecule has 3 rings (SSSR count). The molecule has 1 aromatic heterocycles. The van der Waals surface area contributed by atoms with E-state index in [1.165, 1.54) is 12.1 Å². The van der Waals surface area contributed by atoms with Gasteiger partial charge in [-0.2, -0.15) is 13.2 Å². The molecule has 0 fully saturated rings. The molecule has 116 valence electrons. The van der Waals surface area contributed by atoms with Crippen LogP contribution in [0.2, 0.25) is 0 Å². The van der Waals surface area contributed by atoms with Gasteiger partial charge < -0.3 is 5.32 Å². The maximum Gasteiger partial charge on any atom is 0.416 e. The summed E-state index contributed by atoms with van der Waals surface area (Å²) in [4.78, 5) is 8.45. The number of benzene rings is 2. The third kappa shape index (κ3) is 3.66. The van der Waals surface area contributed by atoms with Gasteiger partial charge in [0, 0.05) is 17.4 Å². The van der Waals surface area contributed by atoms with Crippen molar-refractivity contribution < 1.29 is 13.2 Å². The van der Waals surface area contributed by atoms with Crippen LogP contribution in [-0.2, 0) is 6.18 Å². The van der Waals surface area contributed by atoms with E-state index in [-0.39, 0.29) is 0 Å². The van der Waals surface area contributed by atoms with Crippen LogP contribution < -0.4 is 5.32 Å². The minimum atomic E-state index is -4.34. The second-order valence-electron chi connectivity index (χ2n) is 4.83. The van der Waals surface area contributed by atoms with E-state index < -0.39 is 11.7 Å². The van der Waals surface area contributed by atoms with Gasteiger partial charge in [0.05, 0.1) is 11.3 Å². The molecule has 1 heterocycles. The maximum absolute atomic E-state index is 12.5. The van der Waals surface area contributed by atoms with Crippen LogP contribution in [0, 0.1) is 0 Å². The smallest absolute Gasteiger partial charge is 0.324 e. The molecule has 0 aliphatic rings. The van der Waals surface area contributed by atoms with Crippen LogP contribution in [0.1, 0.15) is 5.56 Å². The number of nitrogens with one attached hydrogen (secondary N) is 1. The second kappa shape index (κ2) is 6.08. The van der Waals surface area contributed by atoms with E-state index in [1.54, 1.807) is 12.3 Å². The Morgan fingerprint density at radius 2 is 1.52 bits per heavy atom. The summed E-state index contributed by atoms with van der Waals surface area (Å²) in [7, 11) is 0. The van der Waals surface area contributed by atoms with Gasteiger partial charge in [0.25, 0.3) is 0 Å². The van der Waals surface area contributed by atoms with Crippen LogP contribution in [0.4, 0.5) is 24.8 Å². The topological polar surface area (TPSA) is 37.8 Å². The largest absolute Gasteiger partial charge is 0.416 e. The SMILES string of the molecule is FC(F)(F)c1ccc(Nc2nccc(-c3ccccc3)n2)cc1. The molecule has 6 heteroatoms. The predicted molar refractivity (Wildman–Crippen MR) is 82.2 cm³/mol. The molecule has 0 saturated carbocycles. The Labute approximate surface area is 130 Å². The molecule has 0 amide bonds. The van der Waals surface area contributed by atoms with Crippen molar-refractivity contribution in [2.24, 2.45) is 0 Å². The van der Waals surface area contributed by atoms with Crippen molar-refractivity contribution in [1.29, 1.82) is 0 Å². The lowest BCUT2D eigenvalue weighted by Crippen LogP contribution is -2.04. The zero-order valence-corrected chi connectivity index (χ0v) is 11.9. The highest BCUT2D eigenvalue weighted by molar-refractivity contribution is 5.61. The van der Waals surface area contributed by atoms with E-state index in [0.717, 1.165) is 23.4 Å². The van der Waals surface area contributed by atoms with Crippen molar-refractivity contribution in [2.45, 2.75) is 6.18 Å². The molecule has 0 spiro atoms. The molecule has 1 N–H and O–H groups in total. The molecule has 2 aromatic carbocycles. The fourth-order valence-corrected chi connectivity index (χ4v) is 2.06. The van der Waals surface area contributed by atoms with Gasteiger partial charge in [0.15, 0.2) is 0 Å². The third-order valence-electron chi connectivity index (χ3n) is 3.19. The summed E-state index contributed by atoms with van der Waals surface area (Å²) in [6, 6.07) is 16.1. The molecular weight excluding hydrogens is 303 g/mol. The van der Waals surface area contributed by atoms with Gasteiger partial charge >= 0.3 is 6.18 Å². The standard InChI is InChI=1S/C17H12F3N3/c18-17(19,20)13-6-8-14(9-7-13)22-16-21-11-10-15(23-16)12-4-2-1-3-5-12/h1-11H,(H,21,22,23). The van der Waals surface area contributed by atoms with E-state index in [0.29, 0.717) is 11.6 Å². The first-order chi connectivity index (χ1) is 11.0. The summed E-state index contributed by atoms with van der Waals surface area (Å²) in [6.07, 6.45) is -2.75. The number of hydrogen-bond acceptors (Lipinski definition) is 3. The molecule has 23 heavy (non-hydrogen) atoms. The third-order valence-corrected chi connectivity index (χ3v) is 3.19. The summed E-state index contributed by atoms with van der Waals surface area (Å²) in [6.45, 7) is 0. The molecule has 0 aliphatic carbocycles. The van der Waals surface area contributed by atoms with Gasteiger partial charge in [-0.3, -0.25) is 0 Å². The second-order valence-corrected chi connectivity index (χ2v) is 4.83. The molecule has 0 radical (unpaired) electrons. The summed E-state index contributed by atoms with van der Waals surface area (Å²) in [5.41, 5.74) is 1.46. The normalized spacial score (nSPS) is 11.3. The zero-order chi connectivity index (χ0) is 16.3. The lowest BCUT2D eigenvalue weighted by atomic mass is 10.1. The summed E-state index contributed by atoms with van der Waals surface area (Å²) in [5, 5.41) is 2.90. The number of anilines is 2. The molecule has 0 saturated heterocycles. The van der Waals surface area contributed by atoms with E-state index in [9.17, 15) is 13.2 Å². The molecule has 3 aromatic rings. The fourth-order valence-electron chi connectivity index (χ4n) is 2.06. The number of hydrogen-bond donors (Lipinski definition) is 1. The average Bonchev–Trinajstić information content (AvgIpc) is 2.56. The van der Waals surface area contributed by atoms with Gasteiger partial charge in [-0.05, 0) is 30.3 Å². The van der Waals surface area contributed by atoms with Crippen molar-refractivity contribution in [3.05, 3.63) is 72.4 Å². The van der Waals surface area contributed by atoms with Gasteiger partial charge in [-0.15, -0.1) is 0 Å². The Morgan fingerprint density at radius 1 is 0.826 bits per heavy atom. The molecule has 0 unspecified atom stereocenters. The monoisotopic (exact) mass is 315 g/mol. The Kier molecular flexibility index (Phi) is 3.97. The lowest BCUT2D eigenvalue weighted by molar-refractivity contribution is -0.137. The average molecular weight is 315 g/mol. The van der Waals surface area contributed by atoms with Gasteiger partial charge in [0.2, 0.25) is 5.95 Å². The van der Waals surface area contributed by atoms with Crippen molar-refractivity contribution >= 4 is 11.6 Å².